The highest BCUT2D eigenvalue weighted by Crippen LogP contribution is 2.43. The van der Waals surface area contributed by atoms with Crippen LogP contribution in [0, 0.1) is 5.92 Å². The number of rotatable bonds is 9. The Hall–Kier alpha value is -3.31. The Morgan fingerprint density at radius 3 is 2.50 bits per heavy atom. The lowest BCUT2D eigenvalue weighted by Gasteiger charge is -2.41. The Morgan fingerprint density at radius 2 is 1.82 bits per heavy atom. The number of nitrogens with one attached hydrogen (secondary N) is 1. The number of ether oxygens (including phenoxy) is 3. The smallest absolute Gasteiger partial charge is 0.303 e. The predicted molar refractivity (Wildman–Crippen MR) is 142 cm³/mol. The summed E-state index contributed by atoms with van der Waals surface area (Å²) in [6.45, 7) is 4.83. The molecular formula is C28H31N3O6S. The molecule has 1 aliphatic heterocycles. The van der Waals surface area contributed by atoms with Crippen molar-refractivity contribution < 1.29 is 28.9 Å². The first-order chi connectivity index (χ1) is 18.3. The van der Waals surface area contributed by atoms with E-state index in [0.717, 1.165) is 16.7 Å². The van der Waals surface area contributed by atoms with Gasteiger partial charge in [-0.15, -0.1) is 0 Å². The van der Waals surface area contributed by atoms with Crippen LogP contribution in [0.2, 0.25) is 0 Å². The zero-order chi connectivity index (χ0) is 27.1. The van der Waals surface area contributed by atoms with Crippen molar-refractivity contribution in [2.45, 2.75) is 57.1 Å². The number of amides is 1. The number of anilines is 1. The van der Waals surface area contributed by atoms with Crippen molar-refractivity contribution in [3.8, 4) is 0 Å². The van der Waals surface area contributed by atoms with E-state index in [1.807, 2.05) is 30.3 Å². The molecule has 2 aromatic carbocycles. The molecular weight excluding hydrogens is 506 g/mol. The van der Waals surface area contributed by atoms with Gasteiger partial charge in [0.2, 0.25) is 0 Å². The molecule has 1 saturated heterocycles. The van der Waals surface area contributed by atoms with Crippen LogP contribution in [0.5, 0.6) is 0 Å². The molecule has 9 nitrogen and oxygen atoms in total. The third kappa shape index (κ3) is 7.16. The average Bonchev–Trinajstić information content (AvgIpc) is 2.93. The van der Waals surface area contributed by atoms with Crippen LogP contribution in [-0.2, 0) is 30.4 Å². The van der Waals surface area contributed by atoms with Gasteiger partial charge in [-0.05, 0) is 36.2 Å². The molecule has 0 saturated carbocycles. The summed E-state index contributed by atoms with van der Waals surface area (Å²) in [5.41, 5.74) is 3.07. The molecule has 0 aliphatic carbocycles. The zero-order valence-corrected chi connectivity index (χ0v) is 22.3. The first kappa shape index (κ1) is 27.7. The number of hydrogen-bond acceptors (Lipinski definition) is 9. The first-order valence-corrected chi connectivity index (χ1v) is 13.3. The molecule has 1 fully saturated rings. The molecule has 0 bridgehead atoms. The van der Waals surface area contributed by atoms with Crippen LogP contribution in [0.3, 0.4) is 0 Å². The maximum atomic E-state index is 12.5. The number of aliphatic hydroxyl groups is 1. The summed E-state index contributed by atoms with van der Waals surface area (Å²) >= 11 is 1.52. The van der Waals surface area contributed by atoms with E-state index in [-0.39, 0.29) is 24.7 Å². The highest BCUT2D eigenvalue weighted by molar-refractivity contribution is 7.99. The Morgan fingerprint density at radius 1 is 1.08 bits per heavy atom. The third-order valence-corrected chi connectivity index (χ3v) is 7.14. The molecule has 1 aliphatic rings. The zero-order valence-electron chi connectivity index (χ0n) is 21.4. The lowest BCUT2D eigenvalue weighted by Crippen LogP contribution is -2.38. The lowest BCUT2D eigenvalue weighted by atomic mass is 9.91. The van der Waals surface area contributed by atoms with Crippen molar-refractivity contribution in [2.24, 2.45) is 5.92 Å². The standard InChI is InChI=1S/C28H31N3O6S/c1-17-24(16-38-28-29-12-5-13-30-28)36-27(37-25(17)21-10-8-20(15-32)9-11-21)22-6-4-7-23(14-22)31-26(34)18(2)35-19(3)33/h4-14,17-18,24-25,27,32H,15-16H2,1-3H3,(H,31,34)/t17-,18+,24+,25+,27+/m1/s1. The predicted octanol–water partition coefficient (Wildman–Crippen LogP) is 4.44. The fourth-order valence-electron chi connectivity index (χ4n) is 4.14. The number of thioether (sulfide) groups is 1. The summed E-state index contributed by atoms with van der Waals surface area (Å²) < 4.78 is 17.9. The molecule has 0 radical (unpaired) electrons. The van der Waals surface area contributed by atoms with Crippen LogP contribution in [0.4, 0.5) is 5.69 Å². The molecule has 1 amide bonds. The quantitative estimate of drug-likeness (QED) is 0.232. The SMILES string of the molecule is CC(=O)O[C@@H](C)C(=O)Nc1cccc([C@H]2O[C@@H](CSc3ncccn3)[C@@H](C)[C@@H](c3ccc(CO)cc3)O2)c1. The summed E-state index contributed by atoms with van der Waals surface area (Å²) in [7, 11) is 0. The van der Waals surface area contributed by atoms with Crippen molar-refractivity contribution >= 4 is 29.3 Å². The van der Waals surface area contributed by atoms with Gasteiger partial charge in [-0.3, -0.25) is 9.59 Å². The van der Waals surface area contributed by atoms with E-state index in [1.165, 1.54) is 25.6 Å². The van der Waals surface area contributed by atoms with E-state index in [9.17, 15) is 14.7 Å². The van der Waals surface area contributed by atoms with Gasteiger partial charge in [-0.2, -0.15) is 0 Å². The largest absolute Gasteiger partial charge is 0.453 e. The Kier molecular flexibility index (Phi) is 9.46. The van der Waals surface area contributed by atoms with Gasteiger partial charge >= 0.3 is 5.97 Å². The van der Waals surface area contributed by atoms with Crippen LogP contribution in [0.15, 0.2) is 72.1 Å². The Bertz CT molecular complexity index is 1230. The van der Waals surface area contributed by atoms with Gasteiger partial charge in [-0.25, -0.2) is 9.97 Å². The van der Waals surface area contributed by atoms with Crippen molar-refractivity contribution in [3.05, 3.63) is 83.7 Å². The summed E-state index contributed by atoms with van der Waals surface area (Å²) in [6.07, 6.45) is 1.34. The summed E-state index contributed by atoms with van der Waals surface area (Å²) in [5.74, 6) is -0.334. The fourth-order valence-corrected chi connectivity index (χ4v) is 5.10. The van der Waals surface area contributed by atoms with Gasteiger partial charge in [0.05, 0.1) is 18.8 Å². The molecule has 0 unspecified atom stereocenters. The Labute approximate surface area is 225 Å². The highest BCUT2D eigenvalue weighted by atomic mass is 32.2. The minimum absolute atomic E-state index is 0.00917. The first-order valence-electron chi connectivity index (χ1n) is 12.3. The fraction of sp³-hybridized carbons (Fsp3) is 0.357. The molecule has 200 valence electrons. The van der Waals surface area contributed by atoms with Crippen LogP contribution in [0.1, 0.15) is 49.9 Å². The van der Waals surface area contributed by atoms with Crippen LogP contribution in [0.25, 0.3) is 0 Å². The van der Waals surface area contributed by atoms with Gasteiger partial charge in [0.25, 0.3) is 5.91 Å². The highest BCUT2D eigenvalue weighted by Gasteiger charge is 2.38. The molecule has 2 heterocycles. The normalized spacial score (nSPS) is 21.9. The topological polar surface area (TPSA) is 120 Å². The van der Waals surface area contributed by atoms with Crippen molar-refractivity contribution in [3.63, 3.8) is 0 Å². The lowest BCUT2D eigenvalue weighted by molar-refractivity contribution is -0.268. The Balaban J connectivity index is 1.56. The van der Waals surface area contributed by atoms with Gasteiger partial charge in [0.1, 0.15) is 0 Å². The van der Waals surface area contributed by atoms with Gasteiger partial charge < -0.3 is 24.6 Å². The van der Waals surface area contributed by atoms with Crippen LogP contribution >= 0.6 is 11.8 Å². The number of benzene rings is 2. The maximum absolute atomic E-state index is 12.5. The van der Waals surface area contributed by atoms with Gasteiger partial charge in [0, 0.05) is 42.2 Å². The minimum atomic E-state index is -0.924. The number of hydrogen-bond donors (Lipinski definition) is 2. The van der Waals surface area contributed by atoms with E-state index >= 15 is 0 Å². The molecule has 4 rings (SSSR count). The van der Waals surface area contributed by atoms with Crippen molar-refractivity contribution in [1.29, 1.82) is 0 Å². The van der Waals surface area contributed by atoms with E-state index < -0.39 is 24.3 Å². The molecule has 1 aromatic heterocycles. The molecule has 38 heavy (non-hydrogen) atoms. The second kappa shape index (κ2) is 13.0. The van der Waals surface area contributed by atoms with E-state index in [2.05, 4.69) is 22.2 Å². The molecule has 0 spiro atoms. The summed E-state index contributed by atoms with van der Waals surface area (Å²) in [5, 5.41) is 12.9. The molecule has 2 N–H and O–H groups in total. The number of aliphatic hydroxyl groups excluding tert-OH is 1. The second-order valence-corrected chi connectivity index (χ2v) is 10.0. The minimum Gasteiger partial charge on any atom is -0.453 e. The number of carbonyl (C=O) groups is 2. The van der Waals surface area contributed by atoms with Gasteiger partial charge in [0.15, 0.2) is 17.6 Å². The monoisotopic (exact) mass is 537 g/mol. The van der Waals surface area contributed by atoms with Crippen LogP contribution < -0.4 is 5.32 Å². The van der Waals surface area contributed by atoms with Crippen molar-refractivity contribution in [2.75, 3.05) is 11.1 Å². The van der Waals surface area contributed by atoms with Crippen LogP contribution in [-0.4, -0.2) is 44.9 Å². The number of esters is 1. The van der Waals surface area contributed by atoms with Crippen molar-refractivity contribution in [1.82, 2.24) is 9.97 Å². The average molecular weight is 538 g/mol. The van der Waals surface area contributed by atoms with E-state index in [4.69, 9.17) is 14.2 Å². The maximum Gasteiger partial charge on any atom is 0.303 e. The number of carbonyl (C=O) groups excluding carboxylic acids is 2. The van der Waals surface area contributed by atoms with E-state index in [1.54, 1.807) is 36.7 Å². The molecule has 3 aromatic rings. The molecule has 5 atom stereocenters. The van der Waals surface area contributed by atoms with E-state index in [0.29, 0.717) is 16.6 Å². The second-order valence-electron chi connectivity index (χ2n) is 9.03. The molecule has 10 heteroatoms. The number of nitrogens with zero attached hydrogens (tertiary/aromatic N) is 2. The third-order valence-electron chi connectivity index (χ3n) is 6.18. The summed E-state index contributed by atoms with van der Waals surface area (Å²) in [4.78, 5) is 32.3. The summed E-state index contributed by atoms with van der Waals surface area (Å²) in [6, 6.07) is 16.7. The van der Waals surface area contributed by atoms with Gasteiger partial charge in [-0.1, -0.05) is 55.1 Å². The number of aromatic nitrogens is 2.